The fourth-order valence-corrected chi connectivity index (χ4v) is 6.12. The Hall–Kier alpha value is -2.13. The number of rotatable bonds is 3. The molecule has 2 N–H and O–H groups in total. The zero-order chi connectivity index (χ0) is 17.8. The Bertz CT molecular complexity index is 813. The number of carbonyl (C=O) groups is 1. The molecule has 134 valence electrons. The average Bonchev–Trinajstić information content (AvgIpc) is 2.61. The number of nitrogens with one attached hydrogen (secondary N) is 1. The lowest BCUT2D eigenvalue weighted by atomic mass is 9.47. The van der Waals surface area contributed by atoms with Crippen molar-refractivity contribution in [2.24, 2.45) is 17.3 Å². The maximum atomic E-state index is 13.1. The molecule has 2 unspecified atom stereocenters. The van der Waals surface area contributed by atoms with Crippen LogP contribution in [-0.4, -0.2) is 16.6 Å². The second kappa shape index (κ2) is 5.68. The third kappa shape index (κ3) is 2.66. The van der Waals surface area contributed by atoms with Crippen molar-refractivity contribution in [2.45, 2.75) is 44.1 Å². The van der Waals surface area contributed by atoms with Crippen LogP contribution in [0.15, 0.2) is 54.6 Å². The lowest BCUT2D eigenvalue weighted by molar-refractivity contribution is -0.174. The van der Waals surface area contributed by atoms with E-state index in [1.807, 2.05) is 30.3 Å². The third-order valence-electron chi connectivity index (χ3n) is 6.76. The van der Waals surface area contributed by atoms with Crippen LogP contribution >= 0.6 is 0 Å². The lowest BCUT2D eigenvalue weighted by Gasteiger charge is -2.59. The fourth-order valence-electron chi connectivity index (χ4n) is 6.12. The minimum atomic E-state index is -0.599. The van der Waals surface area contributed by atoms with Crippen LogP contribution in [0.5, 0.6) is 0 Å². The molecular weight excluding hydrogens is 322 g/mol. The monoisotopic (exact) mass is 347 g/mol. The van der Waals surface area contributed by atoms with Gasteiger partial charge in [0, 0.05) is 5.69 Å². The normalized spacial score (nSPS) is 34.7. The molecule has 1 amide bonds. The van der Waals surface area contributed by atoms with E-state index in [0.29, 0.717) is 18.3 Å². The molecule has 2 aromatic rings. The first kappa shape index (κ1) is 16.1. The summed E-state index contributed by atoms with van der Waals surface area (Å²) in [5.41, 5.74) is 2.20. The number of anilines is 1. The smallest absolute Gasteiger partial charge is 0.230 e. The molecule has 26 heavy (non-hydrogen) atoms. The minimum Gasteiger partial charge on any atom is -0.390 e. The maximum Gasteiger partial charge on any atom is 0.230 e. The first-order chi connectivity index (χ1) is 12.5. The molecule has 0 aliphatic heterocycles. The Morgan fingerprint density at radius 2 is 1.50 bits per heavy atom. The van der Waals surface area contributed by atoms with Crippen LogP contribution in [0, 0.1) is 17.3 Å². The van der Waals surface area contributed by atoms with Gasteiger partial charge in [-0.25, -0.2) is 0 Å². The second-order valence-corrected chi connectivity index (χ2v) is 8.86. The van der Waals surface area contributed by atoms with Gasteiger partial charge in [0.05, 0.1) is 11.0 Å². The van der Waals surface area contributed by atoms with Gasteiger partial charge >= 0.3 is 0 Å². The van der Waals surface area contributed by atoms with E-state index in [-0.39, 0.29) is 11.3 Å². The van der Waals surface area contributed by atoms with Crippen LogP contribution in [0.2, 0.25) is 0 Å². The van der Waals surface area contributed by atoms with Gasteiger partial charge in [0.15, 0.2) is 0 Å². The zero-order valence-electron chi connectivity index (χ0n) is 14.9. The van der Waals surface area contributed by atoms with E-state index in [2.05, 4.69) is 29.6 Å². The Kier molecular flexibility index (Phi) is 3.51. The van der Waals surface area contributed by atoms with E-state index in [4.69, 9.17) is 0 Å². The van der Waals surface area contributed by atoms with Crippen molar-refractivity contribution < 1.29 is 9.90 Å². The van der Waals surface area contributed by atoms with Gasteiger partial charge in [-0.3, -0.25) is 4.79 Å². The van der Waals surface area contributed by atoms with Crippen LogP contribution in [0.25, 0.3) is 11.1 Å². The molecule has 0 heterocycles. The van der Waals surface area contributed by atoms with E-state index in [1.54, 1.807) is 0 Å². The molecule has 4 atom stereocenters. The summed E-state index contributed by atoms with van der Waals surface area (Å²) in [4.78, 5) is 13.1. The van der Waals surface area contributed by atoms with Crippen LogP contribution in [0.3, 0.4) is 0 Å². The summed E-state index contributed by atoms with van der Waals surface area (Å²) in [6.07, 6.45) is 5.51. The van der Waals surface area contributed by atoms with Crippen LogP contribution < -0.4 is 5.32 Å². The van der Waals surface area contributed by atoms with Crippen LogP contribution in [-0.2, 0) is 4.79 Å². The maximum absolute atomic E-state index is 13.1. The third-order valence-corrected chi connectivity index (χ3v) is 6.76. The number of carbonyl (C=O) groups excluding carboxylic acids is 1. The molecule has 3 nitrogen and oxygen atoms in total. The van der Waals surface area contributed by atoms with Crippen molar-refractivity contribution in [3.05, 3.63) is 54.6 Å². The van der Waals surface area contributed by atoms with Gasteiger partial charge in [-0.05, 0) is 73.6 Å². The Labute approximate surface area is 154 Å². The summed E-state index contributed by atoms with van der Waals surface area (Å²) in [6.45, 7) is 0. The molecule has 4 aliphatic rings. The number of hydrogen-bond acceptors (Lipinski definition) is 2. The largest absolute Gasteiger partial charge is 0.390 e. The highest BCUT2D eigenvalue weighted by Gasteiger charge is 2.60. The predicted molar refractivity (Wildman–Crippen MR) is 103 cm³/mol. The van der Waals surface area contributed by atoms with Crippen molar-refractivity contribution in [3.8, 4) is 11.1 Å². The summed E-state index contributed by atoms with van der Waals surface area (Å²) < 4.78 is 0. The number of benzene rings is 2. The topological polar surface area (TPSA) is 49.3 Å². The van der Waals surface area contributed by atoms with Crippen molar-refractivity contribution >= 4 is 11.6 Å². The Balaban J connectivity index is 1.34. The quantitative estimate of drug-likeness (QED) is 0.851. The Morgan fingerprint density at radius 3 is 2.12 bits per heavy atom. The van der Waals surface area contributed by atoms with Crippen molar-refractivity contribution in [3.63, 3.8) is 0 Å². The molecule has 2 aromatic carbocycles. The highest BCUT2D eigenvalue weighted by atomic mass is 16.3. The molecule has 4 saturated carbocycles. The Morgan fingerprint density at radius 1 is 0.885 bits per heavy atom. The number of hydrogen-bond donors (Lipinski definition) is 2. The summed E-state index contributed by atoms with van der Waals surface area (Å²) in [5, 5.41) is 14.0. The molecule has 4 aliphatic carbocycles. The van der Waals surface area contributed by atoms with Crippen molar-refractivity contribution in [2.75, 3.05) is 5.32 Å². The SMILES string of the molecule is O=C(Nc1ccc(-c2ccccc2)cc1)C12C[C@@H]3C[C@@H](CC(O)(C3)C1)C2. The molecule has 0 spiro atoms. The van der Waals surface area contributed by atoms with Gasteiger partial charge in [-0.2, -0.15) is 0 Å². The van der Waals surface area contributed by atoms with Gasteiger partial charge in [0.25, 0.3) is 0 Å². The van der Waals surface area contributed by atoms with Gasteiger partial charge in [-0.15, -0.1) is 0 Å². The number of amides is 1. The van der Waals surface area contributed by atoms with E-state index < -0.39 is 5.60 Å². The average molecular weight is 347 g/mol. The molecular formula is C23H25NO2. The van der Waals surface area contributed by atoms with Gasteiger partial charge in [-0.1, -0.05) is 42.5 Å². The van der Waals surface area contributed by atoms with E-state index in [1.165, 1.54) is 12.0 Å². The van der Waals surface area contributed by atoms with Gasteiger partial charge in [0.1, 0.15) is 0 Å². The summed E-state index contributed by atoms with van der Waals surface area (Å²) in [5.74, 6) is 1.15. The lowest BCUT2D eigenvalue weighted by Crippen LogP contribution is -2.59. The van der Waals surface area contributed by atoms with Crippen LogP contribution in [0.1, 0.15) is 38.5 Å². The van der Waals surface area contributed by atoms with Crippen molar-refractivity contribution in [1.82, 2.24) is 0 Å². The molecule has 3 heteroatoms. The molecule has 4 fully saturated rings. The summed E-state index contributed by atoms with van der Waals surface area (Å²) in [6, 6.07) is 18.3. The first-order valence-electron chi connectivity index (χ1n) is 9.73. The second-order valence-electron chi connectivity index (χ2n) is 8.86. The molecule has 0 aromatic heterocycles. The van der Waals surface area contributed by atoms with Crippen molar-refractivity contribution in [1.29, 1.82) is 0 Å². The highest BCUT2D eigenvalue weighted by molar-refractivity contribution is 5.96. The van der Waals surface area contributed by atoms with E-state index >= 15 is 0 Å². The highest BCUT2D eigenvalue weighted by Crippen LogP contribution is 2.61. The number of aliphatic hydroxyl groups is 1. The standard InChI is InChI=1S/C23H25NO2/c25-21(22-11-16-10-17(12-22)14-23(26,13-16)15-22)24-20-8-6-19(7-9-20)18-4-2-1-3-5-18/h1-9,16-17,26H,10-15H2,(H,24,25)/t16-,17+,22?,23?. The molecule has 0 radical (unpaired) electrons. The van der Waals surface area contributed by atoms with Gasteiger partial charge < -0.3 is 10.4 Å². The van der Waals surface area contributed by atoms with E-state index in [0.717, 1.165) is 36.9 Å². The molecule has 6 rings (SSSR count). The summed E-state index contributed by atoms with van der Waals surface area (Å²) in [7, 11) is 0. The summed E-state index contributed by atoms with van der Waals surface area (Å²) >= 11 is 0. The van der Waals surface area contributed by atoms with Gasteiger partial charge in [0.2, 0.25) is 5.91 Å². The van der Waals surface area contributed by atoms with Crippen LogP contribution in [0.4, 0.5) is 5.69 Å². The fraction of sp³-hybridized carbons (Fsp3) is 0.435. The minimum absolute atomic E-state index is 0.109. The first-order valence-corrected chi connectivity index (χ1v) is 9.73. The zero-order valence-corrected chi connectivity index (χ0v) is 14.9. The predicted octanol–water partition coefficient (Wildman–Crippen LogP) is 4.62. The molecule has 4 bridgehead atoms. The van der Waals surface area contributed by atoms with E-state index in [9.17, 15) is 9.90 Å². The molecule has 0 saturated heterocycles.